The van der Waals surface area contributed by atoms with E-state index in [1.807, 2.05) is 18.3 Å². The molecule has 0 amide bonds. The van der Waals surface area contributed by atoms with Gasteiger partial charge in [0, 0.05) is 57.0 Å². The van der Waals surface area contributed by atoms with Crippen LogP contribution in [0.25, 0.3) is 0 Å². The van der Waals surface area contributed by atoms with Gasteiger partial charge in [-0.1, -0.05) is 18.2 Å². The molecule has 0 radical (unpaired) electrons. The number of aromatic nitrogens is 4. The number of anilines is 4. The third-order valence-corrected chi connectivity index (χ3v) is 5.19. The summed E-state index contributed by atoms with van der Waals surface area (Å²) in [5.74, 6) is 2.56. The standard InChI is InChI=1S/C20H21N7/c1-2-5-17-16(4-1)7-11-27(17)18-6-10-23-20(24-18)26-14-12-25(13-15-26)19-21-8-3-9-22-19/h1-6,8-10H,7,11-15H2. The molecule has 4 heterocycles. The van der Waals surface area contributed by atoms with Gasteiger partial charge in [-0.25, -0.2) is 15.0 Å². The van der Waals surface area contributed by atoms with Crippen molar-refractivity contribution in [2.24, 2.45) is 0 Å². The van der Waals surface area contributed by atoms with E-state index >= 15 is 0 Å². The van der Waals surface area contributed by atoms with E-state index in [2.05, 4.69) is 53.9 Å². The molecule has 0 atom stereocenters. The molecule has 0 bridgehead atoms. The molecule has 2 aliphatic heterocycles. The highest BCUT2D eigenvalue weighted by molar-refractivity contribution is 5.67. The van der Waals surface area contributed by atoms with Gasteiger partial charge in [-0.3, -0.25) is 0 Å². The van der Waals surface area contributed by atoms with Crippen molar-refractivity contribution < 1.29 is 0 Å². The fraction of sp³-hybridized carbons (Fsp3) is 0.300. The van der Waals surface area contributed by atoms with Gasteiger partial charge < -0.3 is 14.7 Å². The first-order valence-electron chi connectivity index (χ1n) is 9.34. The molecule has 1 fully saturated rings. The predicted molar refractivity (Wildman–Crippen MR) is 106 cm³/mol. The van der Waals surface area contributed by atoms with Gasteiger partial charge in [0.1, 0.15) is 5.82 Å². The van der Waals surface area contributed by atoms with Crippen LogP contribution in [0.4, 0.5) is 23.4 Å². The van der Waals surface area contributed by atoms with Crippen molar-refractivity contribution in [3.05, 3.63) is 60.6 Å². The number of rotatable bonds is 3. The van der Waals surface area contributed by atoms with Gasteiger partial charge >= 0.3 is 0 Å². The molecule has 27 heavy (non-hydrogen) atoms. The molecule has 0 unspecified atom stereocenters. The SMILES string of the molecule is c1cnc(N2CCN(c3nccc(N4CCc5ccccc54)n3)CC2)nc1. The highest BCUT2D eigenvalue weighted by Crippen LogP contribution is 2.33. The molecule has 136 valence electrons. The van der Waals surface area contributed by atoms with Crippen LogP contribution in [0, 0.1) is 0 Å². The van der Waals surface area contributed by atoms with Crippen LogP contribution in [-0.4, -0.2) is 52.7 Å². The minimum Gasteiger partial charge on any atom is -0.337 e. The van der Waals surface area contributed by atoms with Crippen LogP contribution in [0.1, 0.15) is 5.56 Å². The van der Waals surface area contributed by atoms with E-state index in [-0.39, 0.29) is 0 Å². The second-order valence-electron chi connectivity index (χ2n) is 6.77. The Kier molecular flexibility index (Phi) is 4.04. The third kappa shape index (κ3) is 3.05. The summed E-state index contributed by atoms with van der Waals surface area (Å²) >= 11 is 0. The maximum Gasteiger partial charge on any atom is 0.227 e. The first kappa shape index (κ1) is 16.0. The molecule has 2 aliphatic rings. The molecule has 1 aromatic carbocycles. The lowest BCUT2D eigenvalue weighted by Gasteiger charge is -2.34. The zero-order valence-corrected chi connectivity index (χ0v) is 15.1. The smallest absolute Gasteiger partial charge is 0.227 e. The highest BCUT2D eigenvalue weighted by atomic mass is 15.4. The van der Waals surface area contributed by atoms with E-state index in [1.54, 1.807) is 12.4 Å². The van der Waals surface area contributed by atoms with Gasteiger partial charge in [0.15, 0.2) is 0 Å². The normalized spacial score (nSPS) is 16.5. The number of hydrogen-bond acceptors (Lipinski definition) is 7. The van der Waals surface area contributed by atoms with Crippen molar-refractivity contribution in [1.29, 1.82) is 0 Å². The zero-order valence-electron chi connectivity index (χ0n) is 15.1. The van der Waals surface area contributed by atoms with E-state index in [0.29, 0.717) is 0 Å². The molecule has 7 heteroatoms. The van der Waals surface area contributed by atoms with Crippen LogP contribution in [0.15, 0.2) is 55.0 Å². The Hall–Kier alpha value is -3.22. The summed E-state index contributed by atoms with van der Waals surface area (Å²) in [4.78, 5) is 24.8. The first-order valence-corrected chi connectivity index (χ1v) is 9.34. The van der Waals surface area contributed by atoms with E-state index in [0.717, 1.165) is 56.9 Å². The van der Waals surface area contributed by atoms with Crippen LogP contribution in [0.5, 0.6) is 0 Å². The Morgan fingerprint density at radius 1 is 0.667 bits per heavy atom. The maximum absolute atomic E-state index is 4.87. The average molecular weight is 359 g/mol. The number of fused-ring (bicyclic) bond motifs is 1. The van der Waals surface area contributed by atoms with Gasteiger partial charge in [0.05, 0.1) is 0 Å². The summed E-state index contributed by atoms with van der Waals surface area (Å²) < 4.78 is 0. The molecule has 0 aliphatic carbocycles. The van der Waals surface area contributed by atoms with Gasteiger partial charge in [-0.05, 0) is 30.2 Å². The van der Waals surface area contributed by atoms with Gasteiger partial charge in [-0.2, -0.15) is 4.98 Å². The van der Waals surface area contributed by atoms with Gasteiger partial charge in [0.25, 0.3) is 0 Å². The summed E-state index contributed by atoms with van der Waals surface area (Å²) in [6, 6.07) is 12.4. The summed E-state index contributed by atoms with van der Waals surface area (Å²) in [6.07, 6.45) is 6.50. The van der Waals surface area contributed by atoms with Crippen molar-refractivity contribution in [1.82, 2.24) is 19.9 Å². The summed E-state index contributed by atoms with van der Waals surface area (Å²) in [5, 5.41) is 0. The number of piperazine rings is 1. The van der Waals surface area contributed by atoms with Crippen LogP contribution in [0.3, 0.4) is 0 Å². The van der Waals surface area contributed by atoms with Gasteiger partial charge in [0.2, 0.25) is 11.9 Å². The predicted octanol–water partition coefficient (Wildman–Crippen LogP) is 2.29. The fourth-order valence-corrected chi connectivity index (χ4v) is 3.78. The topological polar surface area (TPSA) is 61.3 Å². The van der Waals surface area contributed by atoms with E-state index in [1.165, 1.54) is 11.3 Å². The number of benzene rings is 1. The molecule has 0 saturated carbocycles. The molecule has 2 aromatic heterocycles. The van der Waals surface area contributed by atoms with E-state index < -0.39 is 0 Å². The minimum atomic E-state index is 0.792. The van der Waals surface area contributed by atoms with Crippen LogP contribution in [0.2, 0.25) is 0 Å². The number of para-hydroxylation sites is 1. The quantitative estimate of drug-likeness (QED) is 0.711. The Labute approximate surface area is 158 Å². The summed E-state index contributed by atoms with van der Waals surface area (Å²) in [5.41, 5.74) is 2.64. The second kappa shape index (κ2) is 6.83. The van der Waals surface area contributed by atoms with Crippen molar-refractivity contribution >= 4 is 23.4 Å². The van der Waals surface area contributed by atoms with Crippen molar-refractivity contribution in [3.63, 3.8) is 0 Å². The molecular weight excluding hydrogens is 338 g/mol. The molecule has 0 N–H and O–H groups in total. The average Bonchev–Trinajstić information content (AvgIpc) is 3.19. The molecule has 5 rings (SSSR count). The maximum atomic E-state index is 4.87. The third-order valence-electron chi connectivity index (χ3n) is 5.19. The van der Waals surface area contributed by atoms with Crippen molar-refractivity contribution in [2.75, 3.05) is 47.4 Å². The van der Waals surface area contributed by atoms with E-state index in [9.17, 15) is 0 Å². The second-order valence-corrected chi connectivity index (χ2v) is 6.77. The molecule has 1 saturated heterocycles. The lowest BCUT2D eigenvalue weighted by molar-refractivity contribution is 0.628. The fourth-order valence-electron chi connectivity index (χ4n) is 3.78. The van der Waals surface area contributed by atoms with Crippen LogP contribution >= 0.6 is 0 Å². The summed E-state index contributed by atoms with van der Waals surface area (Å²) in [6.45, 7) is 4.42. The Morgan fingerprint density at radius 2 is 1.37 bits per heavy atom. The van der Waals surface area contributed by atoms with Crippen molar-refractivity contribution in [2.45, 2.75) is 6.42 Å². The number of hydrogen-bond donors (Lipinski definition) is 0. The Balaban J connectivity index is 1.32. The van der Waals surface area contributed by atoms with Crippen LogP contribution in [-0.2, 0) is 6.42 Å². The minimum absolute atomic E-state index is 0.792. The number of nitrogens with zero attached hydrogens (tertiary/aromatic N) is 7. The Morgan fingerprint density at radius 3 is 2.19 bits per heavy atom. The zero-order chi connectivity index (χ0) is 18.1. The first-order chi connectivity index (χ1) is 13.4. The van der Waals surface area contributed by atoms with Gasteiger partial charge in [-0.15, -0.1) is 0 Å². The monoisotopic (exact) mass is 359 g/mol. The lowest BCUT2D eigenvalue weighted by Crippen LogP contribution is -2.47. The highest BCUT2D eigenvalue weighted by Gasteiger charge is 2.24. The van der Waals surface area contributed by atoms with Crippen molar-refractivity contribution in [3.8, 4) is 0 Å². The van der Waals surface area contributed by atoms with E-state index in [4.69, 9.17) is 4.98 Å². The molecule has 0 spiro atoms. The molecule has 3 aromatic rings. The van der Waals surface area contributed by atoms with Crippen LogP contribution < -0.4 is 14.7 Å². The molecule has 7 nitrogen and oxygen atoms in total. The lowest BCUT2D eigenvalue weighted by atomic mass is 10.2. The molecular formula is C20H21N7. The Bertz CT molecular complexity index is 922. The summed E-state index contributed by atoms with van der Waals surface area (Å²) in [7, 11) is 0. The largest absolute Gasteiger partial charge is 0.337 e.